The lowest BCUT2D eigenvalue weighted by Crippen LogP contribution is -2.19. The SMILES string of the molecule is C=C(N)/C(N)=C\C(=N)C(C)(C)C. The lowest BCUT2D eigenvalue weighted by molar-refractivity contribution is 0.590. The summed E-state index contributed by atoms with van der Waals surface area (Å²) >= 11 is 0. The molecule has 12 heavy (non-hydrogen) atoms. The van der Waals surface area contributed by atoms with Crippen molar-refractivity contribution in [2.24, 2.45) is 16.9 Å². The maximum atomic E-state index is 7.61. The van der Waals surface area contributed by atoms with Crippen LogP contribution < -0.4 is 11.5 Å². The molecular formula is C9H17N3. The molecule has 0 saturated carbocycles. The molecule has 0 heterocycles. The van der Waals surface area contributed by atoms with Crippen molar-refractivity contribution in [2.75, 3.05) is 0 Å². The molecule has 3 nitrogen and oxygen atoms in total. The second-order valence-electron chi connectivity index (χ2n) is 3.79. The van der Waals surface area contributed by atoms with Crippen LogP contribution in [0, 0.1) is 10.8 Å². The molecule has 0 aliphatic heterocycles. The first kappa shape index (κ1) is 10.8. The van der Waals surface area contributed by atoms with Crippen LogP contribution in [0.25, 0.3) is 0 Å². The zero-order chi connectivity index (χ0) is 9.94. The van der Waals surface area contributed by atoms with E-state index < -0.39 is 0 Å². The molecule has 3 heteroatoms. The monoisotopic (exact) mass is 167 g/mol. The van der Waals surface area contributed by atoms with Gasteiger partial charge in [0, 0.05) is 16.8 Å². The smallest absolute Gasteiger partial charge is 0.0559 e. The molecule has 0 amide bonds. The van der Waals surface area contributed by atoms with Crippen LogP contribution in [0.4, 0.5) is 0 Å². The van der Waals surface area contributed by atoms with Gasteiger partial charge in [0.25, 0.3) is 0 Å². The van der Waals surface area contributed by atoms with Gasteiger partial charge in [-0.05, 0) is 6.08 Å². The fourth-order valence-electron chi connectivity index (χ4n) is 0.465. The molecule has 0 rings (SSSR count). The van der Waals surface area contributed by atoms with E-state index in [1.54, 1.807) is 6.08 Å². The van der Waals surface area contributed by atoms with Crippen molar-refractivity contribution >= 4 is 5.71 Å². The lowest BCUT2D eigenvalue weighted by Gasteiger charge is -2.17. The molecule has 0 saturated heterocycles. The van der Waals surface area contributed by atoms with Crippen LogP contribution in [0.15, 0.2) is 24.0 Å². The van der Waals surface area contributed by atoms with Crippen molar-refractivity contribution in [1.29, 1.82) is 5.41 Å². The Morgan fingerprint density at radius 2 is 1.75 bits per heavy atom. The summed E-state index contributed by atoms with van der Waals surface area (Å²) in [7, 11) is 0. The molecule has 0 radical (unpaired) electrons. The second kappa shape index (κ2) is 3.43. The predicted molar refractivity (Wildman–Crippen MR) is 52.8 cm³/mol. The van der Waals surface area contributed by atoms with Crippen LogP contribution in [-0.4, -0.2) is 5.71 Å². The highest BCUT2D eigenvalue weighted by Crippen LogP contribution is 2.16. The zero-order valence-corrected chi connectivity index (χ0v) is 7.94. The Hall–Kier alpha value is -1.25. The largest absolute Gasteiger partial charge is 0.398 e. The summed E-state index contributed by atoms with van der Waals surface area (Å²) in [6.45, 7) is 9.31. The second-order valence-corrected chi connectivity index (χ2v) is 3.79. The van der Waals surface area contributed by atoms with E-state index in [4.69, 9.17) is 16.9 Å². The quantitative estimate of drug-likeness (QED) is 0.429. The Kier molecular flexibility index (Phi) is 3.07. The van der Waals surface area contributed by atoms with Crippen LogP contribution in [0.3, 0.4) is 0 Å². The highest BCUT2D eigenvalue weighted by Gasteiger charge is 2.15. The summed E-state index contributed by atoms with van der Waals surface area (Å²) in [6, 6.07) is 0. The van der Waals surface area contributed by atoms with E-state index in [1.807, 2.05) is 20.8 Å². The fraction of sp³-hybridized carbons (Fsp3) is 0.444. The Balaban J connectivity index is 4.57. The molecule has 0 bridgehead atoms. The van der Waals surface area contributed by atoms with Crippen molar-refractivity contribution in [3.63, 3.8) is 0 Å². The van der Waals surface area contributed by atoms with Gasteiger partial charge in [-0.15, -0.1) is 0 Å². The molecular weight excluding hydrogens is 150 g/mol. The molecule has 0 aliphatic rings. The van der Waals surface area contributed by atoms with Gasteiger partial charge < -0.3 is 16.9 Å². The van der Waals surface area contributed by atoms with Gasteiger partial charge in [0.2, 0.25) is 0 Å². The number of hydrogen-bond acceptors (Lipinski definition) is 3. The van der Waals surface area contributed by atoms with Gasteiger partial charge >= 0.3 is 0 Å². The minimum atomic E-state index is -0.194. The molecule has 68 valence electrons. The summed E-state index contributed by atoms with van der Waals surface area (Å²) in [5.41, 5.74) is 11.8. The van der Waals surface area contributed by atoms with Crippen LogP contribution in [0.2, 0.25) is 0 Å². The summed E-state index contributed by atoms with van der Waals surface area (Å²) in [6.07, 6.45) is 1.54. The minimum Gasteiger partial charge on any atom is -0.398 e. The van der Waals surface area contributed by atoms with Gasteiger partial charge in [0.05, 0.1) is 5.70 Å². The van der Waals surface area contributed by atoms with Crippen molar-refractivity contribution in [2.45, 2.75) is 20.8 Å². The van der Waals surface area contributed by atoms with Crippen molar-refractivity contribution in [3.05, 3.63) is 24.0 Å². The van der Waals surface area contributed by atoms with Crippen LogP contribution in [0.1, 0.15) is 20.8 Å². The topological polar surface area (TPSA) is 75.9 Å². The normalized spacial score (nSPS) is 12.8. The maximum Gasteiger partial charge on any atom is 0.0559 e. The molecule has 0 aliphatic carbocycles. The molecule has 0 spiro atoms. The first-order valence-electron chi connectivity index (χ1n) is 3.76. The molecule has 0 fully saturated rings. The van der Waals surface area contributed by atoms with Crippen LogP contribution in [0.5, 0.6) is 0 Å². The number of hydrogen-bond donors (Lipinski definition) is 3. The van der Waals surface area contributed by atoms with Gasteiger partial charge in [-0.2, -0.15) is 0 Å². The van der Waals surface area contributed by atoms with E-state index in [0.29, 0.717) is 17.1 Å². The third kappa shape index (κ3) is 3.23. The number of nitrogens with two attached hydrogens (primary N) is 2. The Morgan fingerprint density at radius 3 is 2.00 bits per heavy atom. The fourth-order valence-corrected chi connectivity index (χ4v) is 0.465. The predicted octanol–water partition coefficient (Wildman–Crippen LogP) is 1.37. The van der Waals surface area contributed by atoms with E-state index in [1.165, 1.54) is 0 Å². The van der Waals surface area contributed by atoms with Crippen LogP contribution in [-0.2, 0) is 0 Å². The maximum absolute atomic E-state index is 7.61. The number of rotatable bonds is 2. The average molecular weight is 167 g/mol. The Morgan fingerprint density at radius 1 is 1.33 bits per heavy atom. The van der Waals surface area contributed by atoms with E-state index in [9.17, 15) is 0 Å². The lowest BCUT2D eigenvalue weighted by atomic mass is 9.89. The van der Waals surface area contributed by atoms with E-state index in [0.717, 1.165) is 0 Å². The number of nitrogens with one attached hydrogen (secondary N) is 1. The molecule has 0 aromatic carbocycles. The van der Waals surface area contributed by atoms with Gasteiger partial charge in [0.15, 0.2) is 0 Å². The van der Waals surface area contributed by atoms with Crippen molar-refractivity contribution < 1.29 is 0 Å². The van der Waals surface area contributed by atoms with E-state index in [2.05, 4.69) is 6.58 Å². The molecule has 5 N–H and O–H groups in total. The van der Waals surface area contributed by atoms with Crippen molar-refractivity contribution in [1.82, 2.24) is 0 Å². The first-order chi connectivity index (χ1) is 5.25. The standard InChI is InChI=1S/C9H17N3/c1-6(10)7(11)5-8(12)9(2,3)4/h5,12H,1,10-11H2,2-4H3/b7-5+,12-8?. The average Bonchev–Trinajstić information content (AvgIpc) is 1.85. The van der Waals surface area contributed by atoms with Crippen molar-refractivity contribution in [3.8, 4) is 0 Å². The summed E-state index contributed by atoms with van der Waals surface area (Å²) < 4.78 is 0. The first-order valence-corrected chi connectivity index (χ1v) is 3.76. The number of allylic oxidation sites excluding steroid dienone is 1. The third-order valence-corrected chi connectivity index (χ3v) is 1.48. The van der Waals surface area contributed by atoms with E-state index in [-0.39, 0.29) is 5.41 Å². The van der Waals surface area contributed by atoms with Gasteiger partial charge in [-0.3, -0.25) is 0 Å². The molecule has 0 unspecified atom stereocenters. The third-order valence-electron chi connectivity index (χ3n) is 1.48. The summed E-state index contributed by atoms with van der Waals surface area (Å²) in [5.74, 6) is 0. The highest BCUT2D eigenvalue weighted by molar-refractivity contribution is 5.97. The minimum absolute atomic E-state index is 0.194. The molecule has 0 aromatic heterocycles. The summed E-state index contributed by atoms with van der Waals surface area (Å²) in [5, 5.41) is 7.61. The van der Waals surface area contributed by atoms with Gasteiger partial charge in [0.1, 0.15) is 0 Å². The van der Waals surface area contributed by atoms with Gasteiger partial charge in [-0.1, -0.05) is 27.4 Å². The zero-order valence-electron chi connectivity index (χ0n) is 7.94. The van der Waals surface area contributed by atoms with E-state index >= 15 is 0 Å². The Labute approximate surface area is 73.6 Å². The van der Waals surface area contributed by atoms with Gasteiger partial charge in [-0.25, -0.2) is 0 Å². The summed E-state index contributed by atoms with van der Waals surface area (Å²) in [4.78, 5) is 0. The van der Waals surface area contributed by atoms with Crippen LogP contribution >= 0.6 is 0 Å². The highest BCUT2D eigenvalue weighted by atomic mass is 14.7. The molecule has 0 atom stereocenters. The molecule has 0 aromatic rings. The Bertz CT molecular complexity index is 231.